The van der Waals surface area contributed by atoms with Crippen LogP contribution < -0.4 is 0 Å². The molecule has 0 spiro atoms. The zero-order valence-corrected chi connectivity index (χ0v) is 18.2. The summed E-state index contributed by atoms with van der Waals surface area (Å²) in [4.78, 5) is 0. The second-order valence-corrected chi connectivity index (χ2v) is 7.94. The fourth-order valence-electron chi connectivity index (χ4n) is 4.75. The summed E-state index contributed by atoms with van der Waals surface area (Å²) in [5.41, 5.74) is 4.22. The molecule has 0 aromatic heterocycles. The van der Waals surface area contributed by atoms with Gasteiger partial charge in [-0.25, -0.2) is 0 Å². The zero-order chi connectivity index (χ0) is 17.3. The number of rotatable bonds is 3. The molecular weight excluding hydrogens is 404 g/mol. The largest absolute Gasteiger partial charge is 0.164 e. The Morgan fingerprint density at radius 2 is 1.59 bits per heavy atom. The van der Waals surface area contributed by atoms with E-state index in [2.05, 4.69) is 72.8 Å². The van der Waals surface area contributed by atoms with E-state index in [0.717, 1.165) is 5.92 Å². The van der Waals surface area contributed by atoms with Gasteiger partial charge in [-0.05, 0) is 34.7 Å². The molecule has 5 rings (SSSR count). The van der Waals surface area contributed by atoms with Crippen LogP contribution in [0.15, 0.2) is 72.8 Å². The van der Waals surface area contributed by atoms with Crippen LogP contribution in [-0.4, -0.2) is 0 Å². The summed E-state index contributed by atoms with van der Waals surface area (Å²) in [7, 11) is 0. The van der Waals surface area contributed by atoms with Crippen molar-refractivity contribution in [1.82, 2.24) is 0 Å². The zero-order valence-electron chi connectivity index (χ0n) is 15.7. The van der Waals surface area contributed by atoms with Gasteiger partial charge >= 0.3 is 0 Å². The maximum atomic E-state index is 2.45. The maximum Gasteiger partial charge on any atom is 0 e. The van der Waals surface area contributed by atoms with Gasteiger partial charge in [0.15, 0.2) is 0 Å². The number of hydrogen-bond donors (Lipinski definition) is 0. The summed E-state index contributed by atoms with van der Waals surface area (Å²) >= 11 is 0. The van der Waals surface area contributed by atoms with Crippen molar-refractivity contribution in [1.29, 1.82) is 0 Å². The minimum atomic E-state index is 0. The van der Waals surface area contributed by atoms with Gasteiger partial charge in [0.2, 0.25) is 0 Å². The molecule has 0 unspecified atom stereocenters. The summed E-state index contributed by atoms with van der Waals surface area (Å²) in [5, 5.41) is 5.43. The Kier molecular flexibility index (Phi) is 5.69. The van der Waals surface area contributed by atoms with Crippen LogP contribution in [0, 0.1) is 5.92 Å². The van der Waals surface area contributed by atoms with Gasteiger partial charge in [-0.1, -0.05) is 80.1 Å². The molecular formula is C26H25Zr-. The summed E-state index contributed by atoms with van der Waals surface area (Å²) < 4.78 is 0. The standard InChI is InChI=1S/C26H25.Zr/c1-2-7-19(8-3-1)15-20-16-23-11-6-12-25(26(23)17-20)24-14-13-21-9-4-5-10-22(21)18-24;/h4-6,9-14,16-19H,1-3,7-8,15H2;/q-1;. The van der Waals surface area contributed by atoms with Crippen molar-refractivity contribution in [2.75, 3.05) is 0 Å². The molecule has 134 valence electrons. The second kappa shape index (κ2) is 8.19. The maximum absolute atomic E-state index is 2.45. The minimum absolute atomic E-state index is 0. The smallest absolute Gasteiger partial charge is 0 e. The van der Waals surface area contributed by atoms with E-state index in [9.17, 15) is 0 Å². The van der Waals surface area contributed by atoms with E-state index in [1.54, 1.807) is 0 Å². The predicted octanol–water partition coefficient (Wildman–Crippen LogP) is 7.50. The van der Waals surface area contributed by atoms with Crippen molar-refractivity contribution in [2.24, 2.45) is 5.92 Å². The van der Waals surface area contributed by atoms with Crippen molar-refractivity contribution >= 4 is 21.5 Å². The molecule has 1 heteroatoms. The SMILES string of the molecule is [Zr].c1ccc2cc(-c3cccc4[cH-]c(CC5CCCCC5)cc34)ccc2c1. The fraction of sp³-hybridized carbons (Fsp3) is 0.269. The molecule has 1 saturated carbocycles. The van der Waals surface area contributed by atoms with E-state index in [-0.39, 0.29) is 26.2 Å². The van der Waals surface area contributed by atoms with Crippen LogP contribution >= 0.6 is 0 Å². The molecule has 0 saturated heterocycles. The van der Waals surface area contributed by atoms with E-state index in [1.807, 2.05) is 0 Å². The van der Waals surface area contributed by atoms with Crippen molar-refractivity contribution in [3.63, 3.8) is 0 Å². The third-order valence-electron chi connectivity index (χ3n) is 6.12. The average molecular weight is 429 g/mol. The van der Waals surface area contributed by atoms with Crippen LogP contribution in [-0.2, 0) is 32.6 Å². The Morgan fingerprint density at radius 1 is 0.778 bits per heavy atom. The molecule has 0 aliphatic heterocycles. The summed E-state index contributed by atoms with van der Waals surface area (Å²) in [6.07, 6.45) is 8.37. The molecule has 0 heterocycles. The van der Waals surface area contributed by atoms with Crippen LogP contribution in [0.3, 0.4) is 0 Å². The Balaban J connectivity index is 0.00000180. The molecule has 27 heavy (non-hydrogen) atoms. The summed E-state index contributed by atoms with van der Waals surface area (Å²) in [5.74, 6) is 0.893. The van der Waals surface area contributed by atoms with Crippen LogP contribution in [0.2, 0.25) is 0 Å². The van der Waals surface area contributed by atoms with E-state index in [1.165, 1.54) is 76.8 Å². The Hall–Kier alpha value is -1.59. The summed E-state index contributed by atoms with van der Waals surface area (Å²) in [6, 6.07) is 27.1. The normalized spacial score (nSPS) is 15.1. The van der Waals surface area contributed by atoms with E-state index in [4.69, 9.17) is 0 Å². The second-order valence-electron chi connectivity index (χ2n) is 7.94. The molecule has 0 nitrogen and oxygen atoms in total. The van der Waals surface area contributed by atoms with Crippen LogP contribution in [0.25, 0.3) is 32.7 Å². The number of hydrogen-bond acceptors (Lipinski definition) is 0. The Bertz CT molecular complexity index is 1050. The van der Waals surface area contributed by atoms with Crippen LogP contribution in [0.1, 0.15) is 37.7 Å². The van der Waals surface area contributed by atoms with E-state index >= 15 is 0 Å². The number of fused-ring (bicyclic) bond motifs is 2. The Labute approximate surface area is 181 Å². The monoisotopic (exact) mass is 427 g/mol. The van der Waals surface area contributed by atoms with Gasteiger partial charge in [-0.3, -0.25) is 0 Å². The first-order valence-electron chi connectivity index (χ1n) is 10.0. The van der Waals surface area contributed by atoms with Crippen LogP contribution in [0.4, 0.5) is 0 Å². The quantitative estimate of drug-likeness (QED) is 0.296. The first-order chi connectivity index (χ1) is 12.9. The molecule has 1 aliphatic carbocycles. The fourth-order valence-corrected chi connectivity index (χ4v) is 4.75. The van der Waals surface area contributed by atoms with Gasteiger partial charge in [0, 0.05) is 26.2 Å². The molecule has 1 fully saturated rings. The average Bonchev–Trinajstić information content (AvgIpc) is 3.11. The third kappa shape index (κ3) is 3.85. The van der Waals surface area contributed by atoms with Gasteiger partial charge in [0.05, 0.1) is 0 Å². The molecule has 0 N–H and O–H groups in total. The van der Waals surface area contributed by atoms with Crippen molar-refractivity contribution < 1.29 is 26.2 Å². The van der Waals surface area contributed by atoms with Gasteiger partial charge in [0.1, 0.15) is 0 Å². The molecule has 4 aromatic carbocycles. The van der Waals surface area contributed by atoms with E-state index < -0.39 is 0 Å². The van der Waals surface area contributed by atoms with E-state index in [0.29, 0.717) is 0 Å². The van der Waals surface area contributed by atoms with Crippen LogP contribution in [0.5, 0.6) is 0 Å². The minimum Gasteiger partial charge on any atom is -0.164 e. The van der Waals surface area contributed by atoms with Gasteiger partial charge in [-0.2, -0.15) is 6.07 Å². The first kappa shape index (κ1) is 18.8. The van der Waals surface area contributed by atoms with Gasteiger partial charge in [0.25, 0.3) is 0 Å². The topological polar surface area (TPSA) is 0 Å². The first-order valence-corrected chi connectivity index (χ1v) is 10.0. The van der Waals surface area contributed by atoms with Gasteiger partial charge < -0.3 is 0 Å². The Morgan fingerprint density at radius 3 is 2.44 bits per heavy atom. The van der Waals surface area contributed by atoms with Crippen molar-refractivity contribution in [3.05, 3.63) is 78.4 Å². The van der Waals surface area contributed by atoms with Crippen molar-refractivity contribution in [3.8, 4) is 11.1 Å². The van der Waals surface area contributed by atoms with Gasteiger partial charge in [-0.15, -0.1) is 34.5 Å². The molecule has 0 amide bonds. The third-order valence-corrected chi connectivity index (χ3v) is 6.12. The number of benzene rings is 3. The molecule has 4 aromatic rings. The summed E-state index contributed by atoms with van der Waals surface area (Å²) in [6.45, 7) is 0. The van der Waals surface area contributed by atoms with Crippen molar-refractivity contribution in [2.45, 2.75) is 38.5 Å². The molecule has 0 radical (unpaired) electrons. The predicted molar refractivity (Wildman–Crippen MR) is 113 cm³/mol. The molecule has 0 bridgehead atoms. The molecule has 1 aliphatic rings. The molecule has 0 atom stereocenters.